The minimum atomic E-state index is -0.522. The minimum absolute atomic E-state index is 0.428. The first kappa shape index (κ1) is 18.5. The molecule has 0 aromatic heterocycles. The molecule has 1 amide bonds. The molecule has 0 spiro atoms. The van der Waals surface area contributed by atoms with Gasteiger partial charge in [0.05, 0.1) is 6.10 Å². The first-order chi connectivity index (χ1) is 10.2. The number of nitrogens with one attached hydrogen (secondary N) is 1. The fraction of sp³-hybridized carbons (Fsp3) is 0.471. The van der Waals surface area contributed by atoms with Gasteiger partial charge in [-0.1, -0.05) is 29.8 Å². The second-order valence-corrected chi connectivity index (χ2v) is 6.56. The number of alkyl carbamates (subject to hydrolysis) is 1. The van der Waals surface area contributed by atoms with Gasteiger partial charge in [0.15, 0.2) is 0 Å². The third kappa shape index (κ3) is 7.48. The van der Waals surface area contributed by atoms with E-state index in [-0.39, 0.29) is 0 Å². The smallest absolute Gasteiger partial charge is 0.407 e. The fourth-order valence-corrected chi connectivity index (χ4v) is 1.99. The molecule has 22 heavy (non-hydrogen) atoms. The summed E-state index contributed by atoms with van der Waals surface area (Å²) in [6, 6.07) is 5.56. The van der Waals surface area contributed by atoms with Crippen LogP contribution in [-0.2, 0) is 11.2 Å². The van der Waals surface area contributed by atoms with Crippen LogP contribution in [-0.4, -0.2) is 29.4 Å². The zero-order chi connectivity index (χ0) is 16.8. The number of benzene rings is 1. The van der Waals surface area contributed by atoms with Crippen molar-refractivity contribution in [3.8, 4) is 0 Å². The van der Waals surface area contributed by atoms with Gasteiger partial charge < -0.3 is 15.2 Å². The molecule has 0 heterocycles. The maximum Gasteiger partial charge on any atom is 0.407 e. The molecule has 1 aromatic carbocycles. The van der Waals surface area contributed by atoms with Crippen molar-refractivity contribution >= 4 is 23.8 Å². The number of aliphatic hydroxyl groups is 1. The van der Waals surface area contributed by atoms with E-state index in [1.165, 1.54) is 0 Å². The highest BCUT2D eigenvalue weighted by Crippen LogP contribution is 2.18. The molecule has 1 rings (SSSR count). The van der Waals surface area contributed by atoms with Crippen LogP contribution in [0.15, 0.2) is 24.3 Å². The zero-order valence-corrected chi connectivity index (χ0v) is 14.3. The Balaban J connectivity index is 2.64. The van der Waals surface area contributed by atoms with Crippen molar-refractivity contribution in [2.24, 2.45) is 0 Å². The minimum Gasteiger partial charge on any atom is -0.444 e. The van der Waals surface area contributed by atoms with Crippen LogP contribution < -0.4 is 5.32 Å². The van der Waals surface area contributed by atoms with Crippen LogP contribution in [0.1, 0.15) is 38.8 Å². The van der Waals surface area contributed by atoms with Gasteiger partial charge in [-0.2, -0.15) is 0 Å². The van der Waals surface area contributed by atoms with Gasteiger partial charge in [-0.15, -0.1) is 0 Å². The van der Waals surface area contributed by atoms with Crippen LogP contribution in [0.3, 0.4) is 0 Å². The van der Waals surface area contributed by atoms with Gasteiger partial charge in [-0.25, -0.2) is 4.79 Å². The average Bonchev–Trinajstić information content (AvgIpc) is 2.36. The lowest BCUT2D eigenvalue weighted by Crippen LogP contribution is -2.33. The third-order valence-corrected chi connectivity index (χ3v) is 2.96. The maximum absolute atomic E-state index is 11.6. The molecule has 0 aliphatic carbocycles. The highest BCUT2D eigenvalue weighted by molar-refractivity contribution is 6.30. The van der Waals surface area contributed by atoms with Crippen molar-refractivity contribution in [2.75, 3.05) is 6.54 Å². The summed E-state index contributed by atoms with van der Waals surface area (Å²) in [5, 5.41) is 12.7. The molecule has 0 fully saturated rings. The van der Waals surface area contributed by atoms with E-state index in [2.05, 4.69) is 5.32 Å². The van der Waals surface area contributed by atoms with Gasteiger partial charge in [-0.05, 0) is 57.4 Å². The lowest BCUT2D eigenvalue weighted by atomic mass is 10.0. The Morgan fingerprint density at radius 3 is 2.73 bits per heavy atom. The van der Waals surface area contributed by atoms with Gasteiger partial charge in [-0.3, -0.25) is 0 Å². The normalized spacial score (nSPS) is 13.2. The molecule has 0 unspecified atom stereocenters. The molecule has 0 aliphatic rings. The Morgan fingerprint density at radius 2 is 2.14 bits per heavy atom. The predicted molar refractivity (Wildman–Crippen MR) is 90.1 cm³/mol. The van der Waals surface area contributed by atoms with Gasteiger partial charge in [0.1, 0.15) is 5.60 Å². The molecule has 0 saturated carbocycles. The molecular weight excluding hydrogens is 302 g/mol. The van der Waals surface area contributed by atoms with Crippen LogP contribution in [0.4, 0.5) is 4.79 Å². The average molecular weight is 326 g/mol. The summed E-state index contributed by atoms with van der Waals surface area (Å²) in [5.41, 5.74) is 1.46. The van der Waals surface area contributed by atoms with Crippen molar-refractivity contribution in [2.45, 2.75) is 45.8 Å². The quantitative estimate of drug-likeness (QED) is 0.865. The molecule has 0 radical (unpaired) electrons. The largest absolute Gasteiger partial charge is 0.444 e. The molecule has 4 nitrogen and oxygen atoms in total. The number of hydrogen-bond donors (Lipinski definition) is 2. The van der Waals surface area contributed by atoms with E-state index in [1.54, 1.807) is 13.0 Å². The van der Waals surface area contributed by atoms with E-state index in [0.717, 1.165) is 11.1 Å². The van der Waals surface area contributed by atoms with Crippen LogP contribution in [0.2, 0.25) is 5.02 Å². The summed E-state index contributed by atoms with van der Waals surface area (Å²) >= 11 is 6.00. The molecule has 0 saturated heterocycles. The van der Waals surface area contributed by atoms with Crippen molar-refractivity contribution in [1.82, 2.24) is 5.32 Å². The van der Waals surface area contributed by atoms with Crippen LogP contribution in [0.5, 0.6) is 0 Å². The lowest BCUT2D eigenvalue weighted by Gasteiger charge is -2.19. The maximum atomic E-state index is 11.6. The van der Waals surface area contributed by atoms with E-state index in [0.29, 0.717) is 18.0 Å². The molecule has 5 heteroatoms. The summed E-state index contributed by atoms with van der Waals surface area (Å²) in [5.74, 6) is 0. The second-order valence-electron chi connectivity index (χ2n) is 6.12. The number of rotatable bonds is 5. The van der Waals surface area contributed by atoms with E-state index in [1.807, 2.05) is 45.0 Å². The van der Waals surface area contributed by atoms with Crippen molar-refractivity contribution in [1.29, 1.82) is 0 Å². The van der Waals surface area contributed by atoms with Gasteiger partial charge in [0.2, 0.25) is 0 Å². The Bertz CT molecular complexity index is 533. The fourth-order valence-electron chi connectivity index (χ4n) is 1.80. The van der Waals surface area contributed by atoms with Gasteiger partial charge in [0.25, 0.3) is 0 Å². The Kier molecular flexibility index (Phi) is 6.91. The Morgan fingerprint density at radius 1 is 1.45 bits per heavy atom. The molecule has 1 atom stereocenters. The molecule has 0 aliphatic heterocycles. The number of amides is 1. The monoisotopic (exact) mass is 325 g/mol. The number of ether oxygens (including phenoxy) is 1. The number of carbonyl (C=O) groups is 1. The second kappa shape index (κ2) is 8.20. The predicted octanol–water partition coefficient (Wildman–Crippen LogP) is 3.80. The van der Waals surface area contributed by atoms with Crippen molar-refractivity contribution < 1.29 is 14.6 Å². The van der Waals surface area contributed by atoms with Gasteiger partial charge in [0, 0.05) is 11.6 Å². The topological polar surface area (TPSA) is 58.6 Å². The van der Waals surface area contributed by atoms with Crippen LogP contribution in [0.25, 0.3) is 6.08 Å². The van der Waals surface area contributed by atoms with Crippen molar-refractivity contribution in [3.63, 3.8) is 0 Å². The molecule has 2 N–H and O–H groups in total. The van der Waals surface area contributed by atoms with Crippen LogP contribution >= 0.6 is 11.6 Å². The summed E-state index contributed by atoms with van der Waals surface area (Å²) in [4.78, 5) is 11.6. The van der Waals surface area contributed by atoms with E-state index >= 15 is 0 Å². The Hall–Kier alpha value is -1.52. The molecule has 122 valence electrons. The summed E-state index contributed by atoms with van der Waals surface area (Å²) < 4.78 is 5.19. The van der Waals surface area contributed by atoms with E-state index < -0.39 is 17.8 Å². The van der Waals surface area contributed by atoms with E-state index in [4.69, 9.17) is 16.3 Å². The SMILES string of the molecule is C[C@H](O)/C=C/c1cc(Cl)ccc1CCNC(=O)OC(C)(C)C. The molecular formula is C17H24ClNO3. The summed E-state index contributed by atoms with van der Waals surface area (Å²) in [6.45, 7) is 7.62. The first-order valence-corrected chi connectivity index (χ1v) is 7.67. The first-order valence-electron chi connectivity index (χ1n) is 7.29. The molecule has 1 aromatic rings. The number of hydrogen-bond acceptors (Lipinski definition) is 3. The number of halogens is 1. The standard InChI is InChI=1S/C17H24ClNO3/c1-12(20)5-6-14-11-15(18)8-7-13(14)9-10-19-16(21)22-17(2,3)4/h5-8,11-12,20H,9-10H2,1-4H3,(H,19,21)/b6-5+/t12-/m0/s1. The lowest BCUT2D eigenvalue weighted by molar-refractivity contribution is 0.0528. The highest BCUT2D eigenvalue weighted by atomic mass is 35.5. The zero-order valence-electron chi connectivity index (χ0n) is 13.5. The summed E-state index contributed by atoms with van der Waals surface area (Å²) in [6.07, 6.45) is 3.22. The van der Waals surface area contributed by atoms with Crippen molar-refractivity contribution in [3.05, 3.63) is 40.4 Å². The van der Waals surface area contributed by atoms with Crippen LogP contribution in [0, 0.1) is 0 Å². The number of carbonyl (C=O) groups excluding carboxylic acids is 1. The van der Waals surface area contributed by atoms with Gasteiger partial charge >= 0.3 is 6.09 Å². The van der Waals surface area contributed by atoms with E-state index in [9.17, 15) is 9.90 Å². The summed E-state index contributed by atoms with van der Waals surface area (Å²) in [7, 11) is 0. The Labute approximate surface area is 137 Å². The molecule has 0 bridgehead atoms. The number of aliphatic hydroxyl groups excluding tert-OH is 1. The highest BCUT2D eigenvalue weighted by Gasteiger charge is 2.15. The third-order valence-electron chi connectivity index (χ3n) is 2.72.